The molecule has 4 nitrogen and oxygen atoms in total. The van der Waals surface area contributed by atoms with Gasteiger partial charge in [-0.15, -0.1) is 0 Å². The summed E-state index contributed by atoms with van der Waals surface area (Å²) in [7, 11) is 1.54. The third-order valence-corrected chi connectivity index (χ3v) is 1.74. The van der Waals surface area contributed by atoms with Gasteiger partial charge < -0.3 is 4.74 Å². The van der Waals surface area contributed by atoms with E-state index in [4.69, 9.17) is 10.00 Å². The summed E-state index contributed by atoms with van der Waals surface area (Å²) < 4.78 is 5.06. The van der Waals surface area contributed by atoms with E-state index in [0.717, 1.165) is 11.3 Å². The first kappa shape index (κ1) is 9.46. The summed E-state index contributed by atoms with van der Waals surface area (Å²) in [5.41, 5.74) is 1.58. The van der Waals surface area contributed by atoms with Crippen LogP contribution in [0, 0.1) is 25.2 Å². The van der Waals surface area contributed by atoms with E-state index in [1.807, 2.05) is 6.92 Å². The van der Waals surface area contributed by atoms with Crippen molar-refractivity contribution in [1.29, 1.82) is 5.26 Å². The molecule has 1 aromatic heterocycles. The molecule has 0 unspecified atom stereocenters. The second-order valence-electron chi connectivity index (χ2n) is 2.68. The van der Waals surface area contributed by atoms with Gasteiger partial charge in [0.2, 0.25) is 5.88 Å². The molecule has 0 radical (unpaired) electrons. The molecule has 0 amide bonds. The predicted molar refractivity (Wildman–Crippen MR) is 47.4 cm³/mol. The maximum absolute atomic E-state index is 8.57. The van der Waals surface area contributed by atoms with E-state index >= 15 is 0 Å². The molecule has 0 aliphatic carbocycles. The number of aromatic nitrogens is 2. The van der Waals surface area contributed by atoms with Gasteiger partial charge in [-0.2, -0.15) is 10.2 Å². The SMILES string of the molecule is COc1nc(C)nc(C)c1CC#N. The Hall–Kier alpha value is -1.63. The van der Waals surface area contributed by atoms with E-state index in [0.29, 0.717) is 11.7 Å². The van der Waals surface area contributed by atoms with Crippen molar-refractivity contribution in [2.45, 2.75) is 20.3 Å². The van der Waals surface area contributed by atoms with E-state index in [9.17, 15) is 0 Å². The number of ether oxygens (including phenoxy) is 1. The van der Waals surface area contributed by atoms with Gasteiger partial charge in [0, 0.05) is 11.3 Å². The zero-order valence-electron chi connectivity index (χ0n) is 7.96. The zero-order valence-corrected chi connectivity index (χ0v) is 7.96. The van der Waals surface area contributed by atoms with Gasteiger partial charge >= 0.3 is 0 Å². The van der Waals surface area contributed by atoms with Crippen molar-refractivity contribution >= 4 is 0 Å². The van der Waals surface area contributed by atoms with Crippen LogP contribution in [0.1, 0.15) is 17.1 Å². The minimum atomic E-state index is 0.287. The van der Waals surface area contributed by atoms with Crippen molar-refractivity contribution < 1.29 is 4.74 Å². The minimum Gasteiger partial charge on any atom is -0.481 e. The molecule has 0 N–H and O–H groups in total. The highest BCUT2D eigenvalue weighted by molar-refractivity contribution is 5.32. The third kappa shape index (κ3) is 1.94. The summed E-state index contributed by atoms with van der Waals surface area (Å²) >= 11 is 0. The van der Waals surface area contributed by atoms with Gasteiger partial charge in [-0.25, -0.2) is 4.98 Å². The monoisotopic (exact) mass is 177 g/mol. The summed E-state index contributed by atoms with van der Waals surface area (Å²) in [5.74, 6) is 1.17. The Balaban J connectivity index is 3.23. The zero-order chi connectivity index (χ0) is 9.84. The molecule has 1 rings (SSSR count). The van der Waals surface area contributed by atoms with E-state index in [2.05, 4.69) is 16.0 Å². The van der Waals surface area contributed by atoms with E-state index in [1.54, 1.807) is 14.0 Å². The van der Waals surface area contributed by atoms with Crippen LogP contribution in [0.3, 0.4) is 0 Å². The number of rotatable bonds is 2. The van der Waals surface area contributed by atoms with Gasteiger partial charge in [0.25, 0.3) is 0 Å². The smallest absolute Gasteiger partial charge is 0.220 e. The molecule has 0 aliphatic rings. The third-order valence-electron chi connectivity index (χ3n) is 1.74. The molecule has 0 atom stereocenters. The molecule has 0 saturated carbocycles. The highest BCUT2D eigenvalue weighted by Crippen LogP contribution is 2.18. The summed E-state index contributed by atoms with van der Waals surface area (Å²) in [6.07, 6.45) is 0.287. The number of hydrogen-bond acceptors (Lipinski definition) is 4. The molecular formula is C9H11N3O. The molecule has 0 aromatic carbocycles. The normalized spacial score (nSPS) is 9.38. The second kappa shape index (κ2) is 3.85. The average molecular weight is 177 g/mol. The molecule has 0 bridgehead atoms. The quantitative estimate of drug-likeness (QED) is 0.680. The number of methoxy groups -OCH3 is 1. The largest absolute Gasteiger partial charge is 0.481 e. The van der Waals surface area contributed by atoms with Crippen LogP contribution in [0.25, 0.3) is 0 Å². The maximum atomic E-state index is 8.57. The fraction of sp³-hybridized carbons (Fsp3) is 0.444. The van der Waals surface area contributed by atoms with Crippen molar-refractivity contribution in [3.05, 3.63) is 17.1 Å². The highest BCUT2D eigenvalue weighted by Gasteiger charge is 2.09. The van der Waals surface area contributed by atoms with Crippen LogP contribution in [0.4, 0.5) is 0 Å². The van der Waals surface area contributed by atoms with E-state index in [-0.39, 0.29) is 6.42 Å². The Morgan fingerprint density at radius 3 is 2.62 bits per heavy atom. The molecule has 0 saturated heterocycles. The van der Waals surface area contributed by atoms with Gasteiger partial charge in [-0.1, -0.05) is 0 Å². The van der Waals surface area contributed by atoms with Gasteiger partial charge in [0.05, 0.1) is 19.6 Å². The van der Waals surface area contributed by atoms with Crippen LogP contribution in [0.15, 0.2) is 0 Å². The maximum Gasteiger partial charge on any atom is 0.220 e. The molecule has 0 fully saturated rings. The predicted octanol–water partition coefficient (Wildman–Crippen LogP) is 1.17. The van der Waals surface area contributed by atoms with Crippen LogP contribution < -0.4 is 4.74 Å². The van der Waals surface area contributed by atoms with Crippen molar-refractivity contribution in [3.8, 4) is 11.9 Å². The summed E-state index contributed by atoms with van der Waals surface area (Å²) in [6.45, 7) is 3.65. The number of nitriles is 1. The van der Waals surface area contributed by atoms with Crippen molar-refractivity contribution in [3.63, 3.8) is 0 Å². The van der Waals surface area contributed by atoms with Crippen LogP contribution >= 0.6 is 0 Å². The Bertz CT molecular complexity index is 355. The second-order valence-corrected chi connectivity index (χ2v) is 2.68. The molecule has 1 heterocycles. The van der Waals surface area contributed by atoms with Gasteiger partial charge in [0.15, 0.2) is 0 Å². The van der Waals surface area contributed by atoms with Crippen molar-refractivity contribution in [2.75, 3.05) is 7.11 Å². The lowest BCUT2D eigenvalue weighted by molar-refractivity contribution is 0.390. The minimum absolute atomic E-state index is 0.287. The Kier molecular flexibility index (Phi) is 2.80. The van der Waals surface area contributed by atoms with Gasteiger partial charge in [-0.05, 0) is 13.8 Å². The molecular weight excluding hydrogens is 166 g/mol. The van der Waals surface area contributed by atoms with Gasteiger partial charge in [0.1, 0.15) is 5.82 Å². The lowest BCUT2D eigenvalue weighted by atomic mass is 10.2. The average Bonchev–Trinajstić information content (AvgIpc) is 2.09. The number of aryl methyl sites for hydroxylation is 2. The molecule has 0 spiro atoms. The topological polar surface area (TPSA) is 58.8 Å². The standard InChI is InChI=1S/C9H11N3O/c1-6-8(4-5-10)9(13-3)12-7(2)11-6/h4H2,1-3H3. The highest BCUT2D eigenvalue weighted by atomic mass is 16.5. The van der Waals surface area contributed by atoms with E-state index < -0.39 is 0 Å². The summed E-state index contributed by atoms with van der Waals surface area (Å²) in [6, 6.07) is 2.06. The fourth-order valence-electron chi connectivity index (χ4n) is 1.16. The Labute approximate surface area is 77.2 Å². The van der Waals surface area contributed by atoms with Crippen molar-refractivity contribution in [1.82, 2.24) is 9.97 Å². The lowest BCUT2D eigenvalue weighted by Crippen LogP contribution is -2.02. The molecule has 0 aliphatic heterocycles. The van der Waals surface area contributed by atoms with E-state index in [1.165, 1.54) is 0 Å². The number of hydrogen-bond donors (Lipinski definition) is 0. The summed E-state index contributed by atoms with van der Waals surface area (Å²) in [4.78, 5) is 8.25. The van der Waals surface area contributed by atoms with Crippen molar-refractivity contribution in [2.24, 2.45) is 0 Å². The molecule has 4 heteroatoms. The number of nitrogens with zero attached hydrogens (tertiary/aromatic N) is 3. The Morgan fingerprint density at radius 1 is 1.38 bits per heavy atom. The van der Waals surface area contributed by atoms with Crippen LogP contribution in [-0.2, 0) is 6.42 Å². The first-order valence-corrected chi connectivity index (χ1v) is 3.94. The van der Waals surface area contributed by atoms with Gasteiger partial charge in [-0.3, -0.25) is 0 Å². The van der Waals surface area contributed by atoms with Crippen LogP contribution in [-0.4, -0.2) is 17.1 Å². The molecule has 68 valence electrons. The fourth-order valence-corrected chi connectivity index (χ4v) is 1.16. The summed E-state index contributed by atoms with van der Waals surface area (Å²) in [5, 5.41) is 8.57. The molecule has 1 aromatic rings. The lowest BCUT2D eigenvalue weighted by Gasteiger charge is -2.07. The van der Waals surface area contributed by atoms with Crippen LogP contribution in [0.5, 0.6) is 5.88 Å². The van der Waals surface area contributed by atoms with Crippen LogP contribution in [0.2, 0.25) is 0 Å². The first-order valence-electron chi connectivity index (χ1n) is 3.94. The Morgan fingerprint density at radius 2 is 2.08 bits per heavy atom. The molecule has 13 heavy (non-hydrogen) atoms. The first-order chi connectivity index (χ1) is 6.19.